The van der Waals surface area contributed by atoms with Gasteiger partial charge in [0.25, 0.3) is 35.4 Å². The predicted octanol–water partition coefficient (Wildman–Crippen LogP) is 11.0. The van der Waals surface area contributed by atoms with E-state index in [1.54, 1.807) is 60.7 Å². The molecular formula is C84H76N6O18. The normalized spacial score (nSPS) is 25.9. The standard InChI is InChI=1S/C84H76N6O18/c85-87-86-76-67(88-77(92)58-37-19-20-38-59(58)78(88)93)74(102-47-56-33-15-5-16-34-56)71(65(104-76)50-99-44-53-27-9-2-10-28-53)107-84-69(90-81(96)62-41-23-24-42-63(62)82(90)97)75(103-48-57-35-17-6-18-36-57)72(66(106-84)51-100-45-54-29-11-3-12-30-54)108-83-68(89-79(94)60-39-21-22-40-61(60)80(89)95)73(101-46-55-31-13-4-14-32-55)70(91)64(105-83)49-98-43-52-25-7-1-8-26-52/h1-42,64-76,83-84,91H,43-51H2/t64-,65-,66-,67-,68-,69-,70-,71-,72-,73-,74-,75-,76-,83+,84+/m1/s1. The first-order valence-corrected chi connectivity index (χ1v) is 35.7. The van der Waals surface area contributed by atoms with E-state index in [1.165, 1.54) is 36.4 Å². The minimum atomic E-state index is -1.91. The molecule has 24 heteroatoms. The van der Waals surface area contributed by atoms with Crippen LogP contribution in [-0.2, 0) is 91.7 Å². The minimum Gasteiger partial charge on any atom is -0.388 e. The number of aliphatic hydroxyl groups is 1. The molecule has 550 valence electrons. The monoisotopic (exact) mass is 1460 g/mol. The molecule has 1 N–H and O–H groups in total. The first kappa shape index (κ1) is 72.8. The van der Waals surface area contributed by atoms with Crippen molar-refractivity contribution in [2.45, 2.75) is 132 Å². The Morgan fingerprint density at radius 3 is 0.917 bits per heavy atom. The topological polar surface area (TPSA) is 283 Å². The van der Waals surface area contributed by atoms with Crippen LogP contribution in [0.3, 0.4) is 0 Å². The minimum absolute atomic E-state index is 0.0149. The number of carbonyl (C=O) groups excluding carboxylic acids is 6. The van der Waals surface area contributed by atoms with Crippen molar-refractivity contribution in [2.75, 3.05) is 19.8 Å². The van der Waals surface area contributed by atoms with Crippen molar-refractivity contribution in [3.8, 4) is 0 Å². The SMILES string of the molecule is [N-]=[N+]=N[C@@H]1O[C@H](COCc2ccccc2)[C@@H](O[C@@H]2O[C@H](COCc3ccccc3)[C@@H](O[C@@H]3O[C@H](COCc4ccccc4)[C@@H](O)[C@H](OCc4ccccc4)[C@H]3N3C(=O)c4ccccc4C3=O)[C@H](OCc3ccccc3)[C@H]2N2C(=O)c3ccccc3C2=O)[C@H](OCc2ccccc2)[C@H]1N1C(=O)c2ccccc2C1=O. The Balaban J connectivity index is 0.905. The van der Waals surface area contributed by atoms with Crippen molar-refractivity contribution in [2.24, 2.45) is 5.11 Å². The zero-order valence-corrected chi connectivity index (χ0v) is 58.3. The first-order chi connectivity index (χ1) is 53.0. The second-order valence-corrected chi connectivity index (χ2v) is 26.9. The molecule has 0 spiro atoms. The van der Waals surface area contributed by atoms with E-state index in [1.807, 2.05) is 158 Å². The van der Waals surface area contributed by atoms with Crippen LogP contribution < -0.4 is 0 Å². The molecule has 0 aromatic heterocycles. The highest BCUT2D eigenvalue weighted by molar-refractivity contribution is 6.23. The van der Waals surface area contributed by atoms with Crippen LogP contribution in [0.25, 0.3) is 10.4 Å². The molecule has 3 saturated heterocycles. The zero-order valence-electron chi connectivity index (χ0n) is 58.3. The summed E-state index contributed by atoms with van der Waals surface area (Å²) in [5.74, 6) is -4.63. The molecule has 0 aliphatic carbocycles. The molecule has 15 atom stereocenters. The first-order valence-electron chi connectivity index (χ1n) is 35.7. The average molecular weight is 1460 g/mol. The smallest absolute Gasteiger partial charge is 0.262 e. The second kappa shape index (κ2) is 33.6. The summed E-state index contributed by atoms with van der Waals surface area (Å²) < 4.78 is 77.7. The summed E-state index contributed by atoms with van der Waals surface area (Å²) in [5.41, 5.74) is 15.0. The summed E-state index contributed by atoms with van der Waals surface area (Å²) in [5, 5.41) is 17.1. The maximum Gasteiger partial charge on any atom is 0.262 e. The molecule has 3 fully saturated rings. The van der Waals surface area contributed by atoms with Crippen LogP contribution in [0.5, 0.6) is 0 Å². The van der Waals surface area contributed by atoms with Gasteiger partial charge in [-0.05, 0) is 75.3 Å². The molecule has 0 saturated carbocycles. The lowest BCUT2D eigenvalue weighted by Gasteiger charge is -2.53. The van der Waals surface area contributed by atoms with Crippen molar-refractivity contribution in [3.63, 3.8) is 0 Å². The third-order valence-corrected chi connectivity index (χ3v) is 20.0. The molecule has 6 aliphatic rings. The van der Waals surface area contributed by atoms with E-state index in [2.05, 4.69) is 10.0 Å². The third kappa shape index (κ3) is 15.4. The van der Waals surface area contributed by atoms with E-state index < -0.39 is 134 Å². The van der Waals surface area contributed by atoms with Gasteiger partial charge in [-0.1, -0.05) is 224 Å². The summed E-state index contributed by atoms with van der Waals surface area (Å²) in [6.07, 6.45) is -19.2. The van der Waals surface area contributed by atoms with Gasteiger partial charge in [-0.3, -0.25) is 43.5 Å². The summed E-state index contributed by atoms with van der Waals surface area (Å²) in [6, 6.07) is 68.9. The number of aliphatic hydroxyl groups excluding tert-OH is 1. The van der Waals surface area contributed by atoms with Crippen LogP contribution in [-0.4, -0.2) is 167 Å². The van der Waals surface area contributed by atoms with E-state index in [4.69, 9.17) is 52.1 Å². The van der Waals surface area contributed by atoms with Crippen LogP contribution in [0.2, 0.25) is 0 Å². The number of fused-ring (bicyclic) bond motifs is 3. The third-order valence-electron chi connectivity index (χ3n) is 20.0. The molecule has 6 amide bonds. The zero-order chi connectivity index (χ0) is 74.0. The molecule has 0 radical (unpaired) electrons. The Bertz CT molecular complexity index is 4600. The van der Waals surface area contributed by atoms with Gasteiger partial charge in [0.2, 0.25) is 0 Å². The van der Waals surface area contributed by atoms with Gasteiger partial charge < -0.3 is 57.2 Å². The van der Waals surface area contributed by atoms with Gasteiger partial charge in [0.1, 0.15) is 73.1 Å². The van der Waals surface area contributed by atoms with Gasteiger partial charge >= 0.3 is 0 Å². The summed E-state index contributed by atoms with van der Waals surface area (Å²) >= 11 is 0. The van der Waals surface area contributed by atoms with Crippen molar-refractivity contribution in [1.29, 1.82) is 0 Å². The Hall–Kier alpha value is -10.8. The van der Waals surface area contributed by atoms with Crippen molar-refractivity contribution in [1.82, 2.24) is 14.7 Å². The molecule has 108 heavy (non-hydrogen) atoms. The molecule has 6 aliphatic heterocycles. The van der Waals surface area contributed by atoms with E-state index in [9.17, 15) is 10.6 Å². The van der Waals surface area contributed by atoms with E-state index in [-0.39, 0.29) is 86.2 Å². The molecular weight excluding hydrogens is 1380 g/mol. The molecule has 6 heterocycles. The van der Waals surface area contributed by atoms with Crippen LogP contribution in [0.4, 0.5) is 0 Å². The quantitative estimate of drug-likeness (QED) is 0.0197. The van der Waals surface area contributed by atoms with Crippen LogP contribution in [0, 0.1) is 0 Å². The fourth-order valence-corrected chi connectivity index (χ4v) is 14.8. The Morgan fingerprint density at radius 1 is 0.324 bits per heavy atom. The van der Waals surface area contributed by atoms with Gasteiger partial charge in [0.15, 0.2) is 18.8 Å². The fraction of sp³-hybridized carbons (Fsp3) is 0.286. The number of amides is 6. The van der Waals surface area contributed by atoms with Gasteiger partial charge in [0, 0.05) is 4.91 Å². The summed E-state index contributed by atoms with van der Waals surface area (Å²) in [4.78, 5) is 98.7. The second-order valence-electron chi connectivity index (χ2n) is 26.9. The lowest BCUT2D eigenvalue weighted by Crippen LogP contribution is -2.72. The molecule has 9 aromatic rings. The number of hydrogen-bond donors (Lipinski definition) is 1. The number of imide groups is 3. The molecule has 0 unspecified atom stereocenters. The number of benzene rings is 9. The average Bonchev–Trinajstić information content (AvgIpc) is 1.43. The fourth-order valence-electron chi connectivity index (χ4n) is 14.8. The van der Waals surface area contributed by atoms with Gasteiger partial charge in [-0.2, -0.15) is 0 Å². The molecule has 15 rings (SSSR count). The highest BCUT2D eigenvalue weighted by Crippen LogP contribution is 2.44. The Kier molecular flexibility index (Phi) is 22.6. The predicted molar refractivity (Wildman–Crippen MR) is 386 cm³/mol. The summed E-state index contributed by atoms with van der Waals surface area (Å²) in [6.45, 7) is -1.57. The van der Waals surface area contributed by atoms with E-state index >= 15 is 28.8 Å². The Labute approximate surface area is 621 Å². The highest BCUT2D eigenvalue weighted by Gasteiger charge is 2.62. The van der Waals surface area contributed by atoms with Gasteiger partial charge in [-0.25, -0.2) is 0 Å². The van der Waals surface area contributed by atoms with Crippen LogP contribution in [0.1, 0.15) is 95.5 Å². The van der Waals surface area contributed by atoms with Crippen molar-refractivity contribution >= 4 is 35.4 Å². The van der Waals surface area contributed by atoms with Crippen molar-refractivity contribution in [3.05, 3.63) is 332 Å². The largest absolute Gasteiger partial charge is 0.388 e. The van der Waals surface area contributed by atoms with E-state index in [0.717, 1.165) is 31.4 Å². The summed E-state index contributed by atoms with van der Waals surface area (Å²) in [7, 11) is 0. The van der Waals surface area contributed by atoms with Crippen LogP contribution in [0.15, 0.2) is 260 Å². The van der Waals surface area contributed by atoms with Gasteiger partial charge in [-0.15, -0.1) is 0 Å². The van der Waals surface area contributed by atoms with E-state index in [0.29, 0.717) is 16.7 Å². The highest BCUT2D eigenvalue weighted by atomic mass is 16.7. The van der Waals surface area contributed by atoms with Crippen LogP contribution >= 0.6 is 0 Å². The number of azide groups is 1. The van der Waals surface area contributed by atoms with Crippen molar-refractivity contribution < 1.29 is 86.0 Å². The number of carbonyl (C=O) groups is 6. The Morgan fingerprint density at radius 2 is 0.583 bits per heavy atom. The van der Waals surface area contributed by atoms with Gasteiger partial charge in [0.05, 0.1) is 92.8 Å². The number of rotatable bonds is 29. The number of hydrogen-bond acceptors (Lipinski definition) is 19. The maximum atomic E-state index is 15.9. The lowest BCUT2D eigenvalue weighted by molar-refractivity contribution is -0.363. The molecule has 24 nitrogen and oxygen atoms in total. The lowest BCUT2D eigenvalue weighted by atomic mass is 9.91. The molecule has 9 aromatic carbocycles. The number of nitrogens with zero attached hydrogens (tertiary/aromatic N) is 6. The molecule has 0 bridgehead atoms. The number of ether oxygens (including phenoxy) is 11. The maximum absolute atomic E-state index is 15.9.